The summed E-state index contributed by atoms with van der Waals surface area (Å²) in [4.78, 5) is 27.2. The molecule has 0 saturated carbocycles. The van der Waals surface area contributed by atoms with Crippen molar-refractivity contribution in [1.82, 2.24) is 10.6 Å². The van der Waals surface area contributed by atoms with Gasteiger partial charge < -0.3 is 24.8 Å². The molecule has 0 aliphatic heterocycles. The maximum absolute atomic E-state index is 11.1. The highest BCUT2D eigenvalue weighted by molar-refractivity contribution is 5.67. The maximum Gasteiger partial charge on any atom is 0.407 e. The monoisotopic (exact) mass is 330 g/mol. The molecule has 0 aromatic carbocycles. The Kier molecular flexibility index (Phi) is 13.6. The molecule has 23 heavy (non-hydrogen) atoms. The van der Waals surface area contributed by atoms with Gasteiger partial charge in [-0.1, -0.05) is 10.2 Å². The molecule has 0 saturated heterocycles. The fourth-order valence-corrected chi connectivity index (χ4v) is 1.10. The van der Waals surface area contributed by atoms with E-state index in [2.05, 4.69) is 40.2 Å². The average Bonchev–Trinajstić information content (AvgIpc) is 2.54. The molecule has 0 unspecified atom stereocenters. The van der Waals surface area contributed by atoms with Crippen LogP contribution in [0.1, 0.15) is 0 Å². The Balaban J connectivity index is 3.35. The number of amides is 2. The summed E-state index contributed by atoms with van der Waals surface area (Å²) < 4.78 is 14.5. The summed E-state index contributed by atoms with van der Waals surface area (Å²) in [7, 11) is 0. The number of carbonyl (C=O) groups excluding carboxylic acids is 2. The number of azide groups is 2. The number of alkyl carbamates (subject to hydrolysis) is 2. The van der Waals surface area contributed by atoms with E-state index in [-0.39, 0.29) is 52.6 Å². The summed E-state index contributed by atoms with van der Waals surface area (Å²) in [5.74, 6) is 0. The first-order valence-electron chi connectivity index (χ1n) is 6.61. The lowest BCUT2D eigenvalue weighted by Gasteiger charge is -2.08. The summed E-state index contributed by atoms with van der Waals surface area (Å²) >= 11 is 0. The van der Waals surface area contributed by atoms with Crippen LogP contribution in [0.4, 0.5) is 9.59 Å². The van der Waals surface area contributed by atoms with Crippen LogP contribution in [-0.4, -0.2) is 64.8 Å². The number of nitrogens with zero attached hydrogens (tertiary/aromatic N) is 6. The van der Waals surface area contributed by atoms with Crippen LogP contribution in [0.3, 0.4) is 0 Å². The van der Waals surface area contributed by atoms with Crippen molar-refractivity contribution >= 4 is 12.2 Å². The van der Waals surface area contributed by atoms with Gasteiger partial charge in [0.25, 0.3) is 0 Å². The summed E-state index contributed by atoms with van der Waals surface area (Å²) in [6.07, 6.45) is -1.27. The summed E-state index contributed by atoms with van der Waals surface area (Å²) in [6, 6.07) is 0. The first kappa shape index (κ1) is 20.1. The van der Waals surface area contributed by atoms with Crippen LogP contribution >= 0.6 is 0 Å². The van der Waals surface area contributed by atoms with Crippen molar-refractivity contribution in [3.8, 4) is 0 Å². The zero-order valence-electron chi connectivity index (χ0n) is 12.4. The van der Waals surface area contributed by atoms with Crippen LogP contribution in [-0.2, 0) is 14.2 Å². The molecule has 2 N–H and O–H groups in total. The molecule has 0 radical (unpaired) electrons. The third-order valence-corrected chi connectivity index (χ3v) is 2.01. The van der Waals surface area contributed by atoms with Crippen molar-refractivity contribution in [2.24, 2.45) is 10.2 Å². The van der Waals surface area contributed by atoms with E-state index in [1.807, 2.05) is 0 Å². The van der Waals surface area contributed by atoms with Gasteiger partial charge in [0.2, 0.25) is 0 Å². The minimum Gasteiger partial charge on any atom is -0.449 e. The largest absolute Gasteiger partial charge is 0.449 e. The van der Waals surface area contributed by atoms with E-state index >= 15 is 0 Å². The highest BCUT2D eigenvalue weighted by Gasteiger charge is 2.01. The molecule has 128 valence electrons. The molecule has 0 aliphatic carbocycles. The van der Waals surface area contributed by atoms with Gasteiger partial charge in [-0.25, -0.2) is 9.59 Å². The van der Waals surface area contributed by atoms with E-state index in [4.69, 9.17) is 15.8 Å². The predicted molar refractivity (Wildman–Crippen MR) is 77.5 cm³/mol. The molecule has 0 aliphatic rings. The molecule has 13 heteroatoms. The Morgan fingerprint density at radius 3 is 1.65 bits per heavy atom. The van der Waals surface area contributed by atoms with E-state index in [0.717, 1.165) is 0 Å². The highest BCUT2D eigenvalue weighted by Crippen LogP contribution is 1.82. The first-order valence-corrected chi connectivity index (χ1v) is 6.61. The van der Waals surface area contributed by atoms with E-state index in [9.17, 15) is 9.59 Å². The van der Waals surface area contributed by atoms with Crippen molar-refractivity contribution in [2.45, 2.75) is 0 Å². The van der Waals surface area contributed by atoms with E-state index in [1.165, 1.54) is 0 Å². The minimum absolute atomic E-state index is 0.00244. The van der Waals surface area contributed by atoms with Gasteiger partial charge in [-0.2, -0.15) is 0 Å². The molecule has 0 aromatic heterocycles. The zero-order valence-corrected chi connectivity index (χ0v) is 12.4. The number of nitrogens with one attached hydrogen (secondary N) is 2. The van der Waals surface area contributed by atoms with Crippen molar-refractivity contribution in [3.05, 3.63) is 20.9 Å². The molecule has 0 rings (SSSR count). The number of rotatable bonds is 12. The normalized spacial score (nSPS) is 9.04. The lowest BCUT2D eigenvalue weighted by Crippen LogP contribution is -2.31. The molecule has 0 heterocycles. The molecule has 0 aromatic rings. The van der Waals surface area contributed by atoms with Gasteiger partial charge in [-0.05, 0) is 11.1 Å². The van der Waals surface area contributed by atoms with Crippen molar-refractivity contribution in [1.29, 1.82) is 0 Å². The Labute approximate surface area is 131 Å². The Hall–Kier alpha value is -2.88. The minimum atomic E-state index is -0.636. The number of hydrogen-bond acceptors (Lipinski definition) is 7. The van der Waals surface area contributed by atoms with Crippen molar-refractivity contribution < 1.29 is 23.8 Å². The quantitative estimate of drug-likeness (QED) is 0.234. The SMILES string of the molecule is [N-]=[N+]=NCCOC(=O)NCCOCCNC(=O)OCCN=[N+]=[N-]. The van der Waals surface area contributed by atoms with Gasteiger partial charge in [0.15, 0.2) is 0 Å². The summed E-state index contributed by atoms with van der Waals surface area (Å²) in [6.45, 7) is 1.09. The maximum atomic E-state index is 11.1. The molecular formula is C10H18N8O5. The van der Waals surface area contributed by atoms with Crippen LogP contribution in [0, 0.1) is 0 Å². The Morgan fingerprint density at radius 1 is 0.826 bits per heavy atom. The second kappa shape index (κ2) is 15.5. The molecule has 13 nitrogen and oxygen atoms in total. The molecule has 0 bridgehead atoms. The molecule has 2 amide bonds. The van der Waals surface area contributed by atoms with Crippen molar-refractivity contribution in [2.75, 3.05) is 52.6 Å². The molecular weight excluding hydrogens is 312 g/mol. The first-order chi connectivity index (χ1) is 11.2. The number of ether oxygens (including phenoxy) is 3. The average molecular weight is 330 g/mol. The third kappa shape index (κ3) is 15.3. The third-order valence-electron chi connectivity index (χ3n) is 2.01. The fraction of sp³-hybridized carbons (Fsp3) is 0.800. The second-order valence-electron chi connectivity index (χ2n) is 3.65. The molecule has 0 atom stereocenters. The summed E-state index contributed by atoms with van der Waals surface area (Å²) in [5.41, 5.74) is 16.0. The standard InChI is InChI=1S/C10H18N8O5/c11-17-15-3-7-22-9(19)13-1-5-21-6-2-14-10(20)23-8-4-16-18-12/h1-8H2,(H,13,19)(H,14,20). The number of carbonyl (C=O) groups is 2. The second-order valence-corrected chi connectivity index (χ2v) is 3.65. The van der Waals surface area contributed by atoms with Crippen LogP contribution in [0.25, 0.3) is 20.9 Å². The Bertz CT molecular complexity index is 407. The van der Waals surface area contributed by atoms with Crippen LogP contribution in [0.15, 0.2) is 10.2 Å². The van der Waals surface area contributed by atoms with Crippen LogP contribution in [0.2, 0.25) is 0 Å². The van der Waals surface area contributed by atoms with Gasteiger partial charge in [-0.15, -0.1) is 0 Å². The van der Waals surface area contributed by atoms with Crippen LogP contribution < -0.4 is 10.6 Å². The zero-order chi connectivity index (χ0) is 17.2. The lowest BCUT2D eigenvalue weighted by molar-refractivity contribution is 0.118. The van der Waals surface area contributed by atoms with E-state index < -0.39 is 12.2 Å². The van der Waals surface area contributed by atoms with Crippen molar-refractivity contribution in [3.63, 3.8) is 0 Å². The summed E-state index contributed by atoms with van der Waals surface area (Å²) in [5, 5.41) is 11.3. The van der Waals surface area contributed by atoms with E-state index in [0.29, 0.717) is 0 Å². The molecule has 0 fully saturated rings. The lowest BCUT2D eigenvalue weighted by atomic mass is 10.6. The van der Waals surface area contributed by atoms with Gasteiger partial charge in [0, 0.05) is 22.9 Å². The van der Waals surface area contributed by atoms with Gasteiger partial charge in [0.05, 0.1) is 39.5 Å². The highest BCUT2D eigenvalue weighted by atomic mass is 16.6. The predicted octanol–water partition coefficient (Wildman–Crippen LogP) is 1.08. The van der Waals surface area contributed by atoms with Crippen LogP contribution in [0.5, 0.6) is 0 Å². The smallest absolute Gasteiger partial charge is 0.407 e. The van der Waals surface area contributed by atoms with Gasteiger partial charge >= 0.3 is 12.2 Å². The van der Waals surface area contributed by atoms with Gasteiger partial charge in [-0.3, -0.25) is 0 Å². The topological polar surface area (TPSA) is 183 Å². The van der Waals surface area contributed by atoms with E-state index in [1.54, 1.807) is 0 Å². The number of hydrogen-bond donors (Lipinski definition) is 2. The Morgan fingerprint density at radius 2 is 1.26 bits per heavy atom. The fourth-order valence-electron chi connectivity index (χ4n) is 1.10. The molecule has 0 spiro atoms. The van der Waals surface area contributed by atoms with Gasteiger partial charge in [0.1, 0.15) is 0 Å².